The van der Waals surface area contributed by atoms with Gasteiger partial charge in [0.15, 0.2) is 6.10 Å². The van der Waals surface area contributed by atoms with Crippen molar-refractivity contribution in [1.29, 1.82) is 0 Å². The summed E-state index contributed by atoms with van der Waals surface area (Å²) in [6, 6.07) is 7.15. The molecular weight excluding hydrogens is 308 g/mol. The van der Waals surface area contributed by atoms with Gasteiger partial charge in [-0.3, -0.25) is 9.78 Å². The Kier molecular flexibility index (Phi) is 5.73. The number of esters is 1. The van der Waals surface area contributed by atoms with Crippen molar-refractivity contribution >= 4 is 22.8 Å². The van der Waals surface area contributed by atoms with Crippen LogP contribution < -0.4 is 10.1 Å². The number of nitrogens with one attached hydrogen (secondary N) is 1. The van der Waals surface area contributed by atoms with Gasteiger partial charge in [0.2, 0.25) is 0 Å². The minimum Gasteiger partial charge on any atom is -0.497 e. The molecule has 1 amide bonds. The fourth-order valence-corrected chi connectivity index (χ4v) is 2.25. The molecule has 0 unspecified atom stereocenters. The van der Waals surface area contributed by atoms with Gasteiger partial charge in [-0.15, -0.1) is 0 Å². The maximum absolute atomic E-state index is 12.4. The number of pyridine rings is 1. The fraction of sp³-hybridized carbons (Fsp3) is 0.389. The van der Waals surface area contributed by atoms with Crippen LogP contribution in [0.3, 0.4) is 0 Å². The van der Waals surface area contributed by atoms with E-state index in [-0.39, 0.29) is 5.91 Å². The van der Waals surface area contributed by atoms with E-state index in [2.05, 4.69) is 10.3 Å². The van der Waals surface area contributed by atoms with E-state index in [1.54, 1.807) is 39.2 Å². The van der Waals surface area contributed by atoms with Gasteiger partial charge in [0, 0.05) is 18.0 Å². The van der Waals surface area contributed by atoms with E-state index in [9.17, 15) is 9.59 Å². The second-order valence-corrected chi connectivity index (χ2v) is 5.52. The molecule has 0 fully saturated rings. The van der Waals surface area contributed by atoms with Crippen LogP contribution >= 0.6 is 0 Å². The van der Waals surface area contributed by atoms with Gasteiger partial charge in [-0.25, -0.2) is 4.79 Å². The number of amides is 1. The van der Waals surface area contributed by atoms with Crippen LogP contribution in [0.25, 0.3) is 10.9 Å². The van der Waals surface area contributed by atoms with Crippen LogP contribution in [-0.2, 0) is 9.53 Å². The maximum atomic E-state index is 12.4. The summed E-state index contributed by atoms with van der Waals surface area (Å²) in [7, 11) is 1.59. The highest BCUT2D eigenvalue weighted by Crippen LogP contribution is 2.22. The monoisotopic (exact) mass is 330 g/mol. The molecule has 1 atom stereocenters. The average molecular weight is 330 g/mol. The molecule has 1 heterocycles. The Hall–Kier alpha value is -2.63. The minimum absolute atomic E-state index is 0.304. The van der Waals surface area contributed by atoms with Crippen LogP contribution in [0.1, 0.15) is 36.3 Å². The van der Waals surface area contributed by atoms with E-state index in [0.29, 0.717) is 23.6 Å². The van der Waals surface area contributed by atoms with Crippen molar-refractivity contribution in [2.45, 2.75) is 33.3 Å². The summed E-state index contributed by atoms with van der Waals surface area (Å²) in [6.45, 7) is 5.80. The zero-order valence-electron chi connectivity index (χ0n) is 14.4. The summed E-state index contributed by atoms with van der Waals surface area (Å²) < 4.78 is 10.4. The zero-order chi connectivity index (χ0) is 17.7. The second kappa shape index (κ2) is 7.77. The summed E-state index contributed by atoms with van der Waals surface area (Å²) in [5.41, 5.74) is 1.63. The Morgan fingerprint density at radius 1 is 1.29 bits per heavy atom. The first-order chi connectivity index (χ1) is 11.5. The smallest absolute Gasteiger partial charge is 0.340 e. The molecule has 1 aromatic carbocycles. The molecule has 24 heavy (non-hydrogen) atoms. The molecule has 0 saturated heterocycles. The van der Waals surface area contributed by atoms with E-state index < -0.39 is 12.1 Å². The van der Waals surface area contributed by atoms with Crippen molar-refractivity contribution < 1.29 is 19.1 Å². The summed E-state index contributed by atoms with van der Waals surface area (Å²) in [6.07, 6.45) is -0.0289. The number of benzene rings is 1. The average Bonchev–Trinajstić information content (AvgIpc) is 2.58. The molecule has 1 N–H and O–H groups in total. The first-order valence-electron chi connectivity index (χ1n) is 7.90. The standard InChI is InChI=1S/C18H22N2O4/c1-5-8-19-17(21)12(3)24-18(22)15-9-13-6-7-14(23-4)10-16(13)20-11(15)2/h6-7,9-10,12H,5,8H2,1-4H3,(H,19,21)/t12-/m1/s1. The van der Waals surface area contributed by atoms with Gasteiger partial charge in [0.1, 0.15) is 5.75 Å². The van der Waals surface area contributed by atoms with Gasteiger partial charge in [-0.2, -0.15) is 0 Å². The molecule has 0 radical (unpaired) electrons. The largest absolute Gasteiger partial charge is 0.497 e. The topological polar surface area (TPSA) is 77.5 Å². The van der Waals surface area contributed by atoms with Gasteiger partial charge in [0.05, 0.1) is 23.9 Å². The molecule has 0 bridgehead atoms. The number of methoxy groups -OCH3 is 1. The Balaban J connectivity index is 2.20. The third kappa shape index (κ3) is 4.01. The molecule has 6 heteroatoms. The van der Waals surface area contributed by atoms with Gasteiger partial charge in [-0.05, 0) is 38.5 Å². The van der Waals surface area contributed by atoms with Crippen LogP contribution in [0.2, 0.25) is 0 Å². The minimum atomic E-state index is -0.852. The molecule has 0 aliphatic carbocycles. The summed E-state index contributed by atoms with van der Waals surface area (Å²) in [4.78, 5) is 28.6. The van der Waals surface area contributed by atoms with Crippen molar-refractivity contribution in [1.82, 2.24) is 10.3 Å². The normalized spacial score (nSPS) is 11.8. The highest BCUT2D eigenvalue weighted by molar-refractivity contribution is 5.96. The van der Waals surface area contributed by atoms with Crippen molar-refractivity contribution in [2.75, 3.05) is 13.7 Å². The molecule has 128 valence electrons. The number of ether oxygens (including phenoxy) is 2. The molecule has 6 nitrogen and oxygen atoms in total. The van der Waals surface area contributed by atoms with E-state index in [4.69, 9.17) is 9.47 Å². The number of nitrogens with zero attached hydrogens (tertiary/aromatic N) is 1. The van der Waals surface area contributed by atoms with E-state index in [0.717, 1.165) is 17.3 Å². The first-order valence-corrected chi connectivity index (χ1v) is 7.90. The molecule has 0 saturated carbocycles. The maximum Gasteiger partial charge on any atom is 0.340 e. The number of aryl methyl sites for hydroxylation is 1. The number of hydrogen-bond acceptors (Lipinski definition) is 5. The molecule has 0 aliphatic rings. The number of aromatic nitrogens is 1. The van der Waals surface area contributed by atoms with Crippen LogP contribution in [0, 0.1) is 6.92 Å². The summed E-state index contributed by atoms with van der Waals surface area (Å²) in [5, 5.41) is 3.50. The lowest BCUT2D eigenvalue weighted by Gasteiger charge is -2.14. The van der Waals surface area contributed by atoms with Crippen molar-refractivity contribution in [3.05, 3.63) is 35.5 Å². The predicted molar refractivity (Wildman–Crippen MR) is 91.2 cm³/mol. The molecule has 0 aliphatic heterocycles. The Morgan fingerprint density at radius 3 is 2.71 bits per heavy atom. The van der Waals surface area contributed by atoms with Gasteiger partial charge in [0.25, 0.3) is 5.91 Å². The molecule has 1 aromatic heterocycles. The Morgan fingerprint density at radius 2 is 2.04 bits per heavy atom. The number of fused-ring (bicyclic) bond motifs is 1. The molecule has 0 spiro atoms. The van der Waals surface area contributed by atoms with Crippen molar-refractivity contribution in [3.8, 4) is 5.75 Å². The third-order valence-corrected chi connectivity index (χ3v) is 3.64. The lowest BCUT2D eigenvalue weighted by Crippen LogP contribution is -2.36. The fourth-order valence-electron chi connectivity index (χ4n) is 2.25. The number of carbonyl (C=O) groups is 2. The first kappa shape index (κ1) is 17.7. The zero-order valence-corrected chi connectivity index (χ0v) is 14.4. The highest BCUT2D eigenvalue weighted by Gasteiger charge is 2.20. The number of hydrogen-bond donors (Lipinski definition) is 1. The highest BCUT2D eigenvalue weighted by atomic mass is 16.5. The lowest BCUT2D eigenvalue weighted by molar-refractivity contribution is -0.129. The van der Waals surface area contributed by atoms with Gasteiger partial charge < -0.3 is 14.8 Å². The van der Waals surface area contributed by atoms with Gasteiger partial charge >= 0.3 is 5.97 Å². The lowest BCUT2D eigenvalue weighted by atomic mass is 10.1. The van der Waals surface area contributed by atoms with Crippen LogP contribution in [0.5, 0.6) is 5.75 Å². The Labute approximate surface area is 141 Å². The quantitative estimate of drug-likeness (QED) is 0.824. The van der Waals surface area contributed by atoms with Crippen LogP contribution in [0.4, 0.5) is 0 Å². The molecule has 2 aromatic rings. The predicted octanol–water partition coefficient (Wildman–Crippen LogP) is 2.62. The number of carbonyl (C=O) groups excluding carboxylic acids is 2. The van der Waals surface area contributed by atoms with Crippen molar-refractivity contribution in [2.24, 2.45) is 0 Å². The van der Waals surface area contributed by atoms with Crippen molar-refractivity contribution in [3.63, 3.8) is 0 Å². The molecule has 2 rings (SSSR count). The number of rotatable bonds is 6. The van der Waals surface area contributed by atoms with Gasteiger partial charge in [-0.1, -0.05) is 6.92 Å². The Bertz CT molecular complexity index is 758. The van der Waals surface area contributed by atoms with E-state index in [1.165, 1.54) is 0 Å². The van der Waals surface area contributed by atoms with E-state index >= 15 is 0 Å². The SMILES string of the molecule is CCCNC(=O)[C@@H](C)OC(=O)c1cc2ccc(OC)cc2nc1C. The summed E-state index contributed by atoms with van der Waals surface area (Å²) in [5.74, 6) is -0.163. The van der Waals surface area contributed by atoms with E-state index in [1.807, 2.05) is 13.0 Å². The third-order valence-electron chi connectivity index (χ3n) is 3.64. The molecular formula is C18H22N2O4. The summed E-state index contributed by atoms with van der Waals surface area (Å²) >= 11 is 0. The van der Waals surface area contributed by atoms with Crippen LogP contribution in [0.15, 0.2) is 24.3 Å². The van der Waals surface area contributed by atoms with Crippen LogP contribution in [-0.4, -0.2) is 36.6 Å². The second-order valence-electron chi connectivity index (χ2n) is 5.52.